The van der Waals surface area contributed by atoms with Gasteiger partial charge in [0.15, 0.2) is 0 Å². The summed E-state index contributed by atoms with van der Waals surface area (Å²) in [5, 5.41) is 14.9. The highest BCUT2D eigenvalue weighted by Gasteiger charge is 2.53. The number of aromatic nitrogens is 1. The Kier molecular flexibility index (Phi) is 4.96. The van der Waals surface area contributed by atoms with Crippen LogP contribution >= 0.6 is 0 Å². The molecule has 2 aromatic carbocycles. The van der Waals surface area contributed by atoms with Gasteiger partial charge >= 0.3 is 0 Å². The molecule has 150 valence electrons. The number of nitro groups is 1. The van der Waals surface area contributed by atoms with E-state index in [4.69, 9.17) is 0 Å². The lowest BCUT2D eigenvalue weighted by molar-refractivity contribution is -0.497. The summed E-state index contributed by atoms with van der Waals surface area (Å²) in [5.41, 5.74) is 4.32. The van der Waals surface area contributed by atoms with Gasteiger partial charge in [-0.25, -0.2) is 0 Å². The number of amides is 1. The van der Waals surface area contributed by atoms with Gasteiger partial charge in [-0.2, -0.15) is 0 Å². The van der Waals surface area contributed by atoms with Crippen LogP contribution in [0, 0.1) is 16.0 Å². The fourth-order valence-corrected chi connectivity index (χ4v) is 3.82. The third-order valence-corrected chi connectivity index (χ3v) is 5.65. The summed E-state index contributed by atoms with van der Waals surface area (Å²) in [6.45, 7) is 0.392. The molecule has 0 bridgehead atoms. The van der Waals surface area contributed by atoms with E-state index in [1.165, 1.54) is 0 Å². The first-order chi connectivity index (χ1) is 14.0. The highest BCUT2D eigenvalue weighted by Crippen LogP contribution is 2.34. The normalized spacial score (nSPS) is 19.0. The number of H-pyrrole nitrogens is 1. The van der Waals surface area contributed by atoms with Gasteiger partial charge in [0, 0.05) is 60.7 Å². The van der Waals surface area contributed by atoms with E-state index in [0.29, 0.717) is 13.0 Å². The van der Waals surface area contributed by atoms with Gasteiger partial charge in [-0.05, 0) is 29.3 Å². The largest absolute Gasteiger partial charge is 0.378 e. The topological polar surface area (TPSA) is 91.3 Å². The van der Waals surface area contributed by atoms with Crippen LogP contribution in [-0.2, 0) is 4.79 Å². The zero-order valence-electron chi connectivity index (χ0n) is 16.5. The summed E-state index contributed by atoms with van der Waals surface area (Å²) in [4.78, 5) is 28.3. The van der Waals surface area contributed by atoms with Crippen molar-refractivity contribution in [2.45, 2.75) is 18.4 Å². The second kappa shape index (κ2) is 7.58. The Hall–Kier alpha value is -3.35. The van der Waals surface area contributed by atoms with Crippen LogP contribution in [0.2, 0.25) is 0 Å². The molecule has 3 atom stereocenters. The standard InChI is InChI=1S/C22H24N4O3/c1-25(2)15-9-7-14(8-10-15)18(12-24-22(27)17-11-21(17)26(28)29)19-13-23-20-6-4-3-5-16(19)20/h3-10,13,17-18,21,23H,11-12H2,1-2H3,(H,24,27)/t17-,18-,21+/m1/s1. The lowest BCUT2D eigenvalue weighted by Gasteiger charge is -2.20. The molecule has 1 aliphatic rings. The van der Waals surface area contributed by atoms with Crippen molar-refractivity contribution in [3.8, 4) is 0 Å². The molecule has 7 nitrogen and oxygen atoms in total. The predicted molar refractivity (Wildman–Crippen MR) is 113 cm³/mol. The molecule has 0 radical (unpaired) electrons. The van der Waals surface area contributed by atoms with Crippen LogP contribution in [0.5, 0.6) is 0 Å². The number of hydrogen-bond donors (Lipinski definition) is 2. The fourth-order valence-electron chi connectivity index (χ4n) is 3.82. The summed E-state index contributed by atoms with van der Waals surface area (Å²) in [6, 6.07) is 15.6. The molecule has 0 unspecified atom stereocenters. The van der Waals surface area contributed by atoms with Crippen molar-refractivity contribution in [2.75, 3.05) is 25.5 Å². The number of hydrogen-bond acceptors (Lipinski definition) is 4. The van der Waals surface area contributed by atoms with Crippen molar-refractivity contribution in [2.24, 2.45) is 5.92 Å². The third kappa shape index (κ3) is 3.81. The second-order valence-corrected chi connectivity index (χ2v) is 7.77. The predicted octanol–water partition coefficient (Wildman–Crippen LogP) is 3.15. The highest BCUT2D eigenvalue weighted by atomic mass is 16.6. The fraction of sp³-hybridized carbons (Fsp3) is 0.318. The molecule has 0 saturated heterocycles. The number of aromatic amines is 1. The second-order valence-electron chi connectivity index (χ2n) is 7.77. The maximum absolute atomic E-state index is 12.4. The first-order valence-corrected chi connectivity index (χ1v) is 9.70. The number of carbonyl (C=O) groups is 1. The van der Waals surface area contributed by atoms with Gasteiger partial charge < -0.3 is 15.2 Å². The van der Waals surface area contributed by atoms with E-state index in [0.717, 1.165) is 27.7 Å². The van der Waals surface area contributed by atoms with Gasteiger partial charge in [0.2, 0.25) is 11.9 Å². The van der Waals surface area contributed by atoms with Crippen molar-refractivity contribution >= 4 is 22.5 Å². The summed E-state index contributed by atoms with van der Waals surface area (Å²) < 4.78 is 0. The maximum Gasteiger partial charge on any atom is 0.230 e. The molecule has 1 heterocycles. The van der Waals surface area contributed by atoms with Crippen molar-refractivity contribution in [1.82, 2.24) is 10.3 Å². The van der Waals surface area contributed by atoms with Crippen LogP contribution in [0.15, 0.2) is 54.7 Å². The zero-order valence-corrected chi connectivity index (χ0v) is 16.5. The molecule has 1 fully saturated rings. The number of para-hydroxylation sites is 1. The molecule has 1 amide bonds. The smallest absolute Gasteiger partial charge is 0.230 e. The Labute approximate surface area is 168 Å². The number of nitrogens with one attached hydrogen (secondary N) is 2. The first-order valence-electron chi connectivity index (χ1n) is 9.70. The quantitative estimate of drug-likeness (QED) is 0.477. The van der Waals surface area contributed by atoms with Crippen molar-refractivity contribution in [3.05, 3.63) is 76.0 Å². The molecule has 0 aliphatic heterocycles. The molecular formula is C22H24N4O3. The van der Waals surface area contributed by atoms with Gasteiger partial charge in [0.1, 0.15) is 5.92 Å². The zero-order chi connectivity index (χ0) is 20.5. The molecule has 2 N–H and O–H groups in total. The monoisotopic (exact) mass is 392 g/mol. The first kappa shape index (κ1) is 19.0. The Balaban J connectivity index is 1.60. The molecule has 4 rings (SSSR count). The minimum atomic E-state index is -0.735. The Morgan fingerprint density at radius 1 is 1.24 bits per heavy atom. The summed E-state index contributed by atoms with van der Waals surface area (Å²) in [7, 11) is 3.99. The van der Waals surface area contributed by atoms with E-state index in [1.54, 1.807) is 0 Å². The SMILES string of the molecule is CN(C)c1ccc([C@@H](CNC(=O)[C@@H]2C[C@@H]2[N+](=O)[O-])c2c[nH]c3ccccc23)cc1. The third-order valence-electron chi connectivity index (χ3n) is 5.65. The Morgan fingerprint density at radius 3 is 2.62 bits per heavy atom. The molecule has 7 heteroatoms. The van der Waals surface area contributed by atoms with Crippen LogP contribution < -0.4 is 10.2 Å². The van der Waals surface area contributed by atoms with Crippen LogP contribution in [-0.4, -0.2) is 42.5 Å². The number of anilines is 1. The van der Waals surface area contributed by atoms with Crippen LogP contribution in [0.3, 0.4) is 0 Å². The van der Waals surface area contributed by atoms with E-state index in [9.17, 15) is 14.9 Å². The molecule has 1 aliphatic carbocycles. The minimum absolute atomic E-state index is 0.0564. The number of benzene rings is 2. The lowest BCUT2D eigenvalue weighted by Crippen LogP contribution is -2.31. The van der Waals surface area contributed by atoms with Crippen molar-refractivity contribution < 1.29 is 9.72 Å². The lowest BCUT2D eigenvalue weighted by atomic mass is 9.90. The number of rotatable bonds is 7. The van der Waals surface area contributed by atoms with Crippen LogP contribution in [0.1, 0.15) is 23.5 Å². The number of nitrogens with zero attached hydrogens (tertiary/aromatic N) is 2. The summed E-state index contributed by atoms with van der Waals surface area (Å²) in [5.74, 6) is -0.801. The molecule has 0 spiro atoms. The van der Waals surface area contributed by atoms with Crippen molar-refractivity contribution in [3.63, 3.8) is 0 Å². The van der Waals surface area contributed by atoms with Gasteiger partial charge in [-0.3, -0.25) is 14.9 Å². The minimum Gasteiger partial charge on any atom is -0.378 e. The number of fused-ring (bicyclic) bond motifs is 1. The molecule has 1 saturated carbocycles. The Morgan fingerprint density at radius 2 is 1.97 bits per heavy atom. The molecule has 1 aromatic heterocycles. The molecular weight excluding hydrogens is 368 g/mol. The summed E-state index contributed by atoms with van der Waals surface area (Å²) >= 11 is 0. The van der Waals surface area contributed by atoms with E-state index in [2.05, 4.69) is 40.6 Å². The van der Waals surface area contributed by atoms with Gasteiger partial charge in [-0.15, -0.1) is 0 Å². The highest BCUT2D eigenvalue weighted by molar-refractivity contribution is 5.85. The van der Waals surface area contributed by atoms with E-state index in [-0.39, 0.29) is 16.7 Å². The van der Waals surface area contributed by atoms with E-state index >= 15 is 0 Å². The summed E-state index contributed by atoms with van der Waals surface area (Å²) in [6.07, 6.45) is 2.31. The molecule has 29 heavy (non-hydrogen) atoms. The van der Waals surface area contributed by atoms with Gasteiger partial charge in [-0.1, -0.05) is 30.3 Å². The molecule has 3 aromatic rings. The average Bonchev–Trinajstić information content (AvgIpc) is 3.43. The van der Waals surface area contributed by atoms with E-state index < -0.39 is 12.0 Å². The number of carbonyl (C=O) groups excluding carboxylic acids is 1. The van der Waals surface area contributed by atoms with Gasteiger partial charge in [0.25, 0.3) is 0 Å². The average molecular weight is 392 g/mol. The van der Waals surface area contributed by atoms with Gasteiger partial charge in [0.05, 0.1) is 0 Å². The van der Waals surface area contributed by atoms with Crippen molar-refractivity contribution in [1.29, 1.82) is 0 Å². The Bertz CT molecular complexity index is 1040. The van der Waals surface area contributed by atoms with Crippen LogP contribution in [0.4, 0.5) is 5.69 Å². The maximum atomic E-state index is 12.4. The van der Waals surface area contributed by atoms with E-state index in [1.807, 2.05) is 43.4 Å². The van der Waals surface area contributed by atoms with Crippen LogP contribution in [0.25, 0.3) is 10.9 Å².